The third-order valence-electron chi connectivity index (χ3n) is 5.15. The fourth-order valence-corrected chi connectivity index (χ4v) is 3.38. The number of H-pyrrole nitrogens is 1. The van der Waals surface area contributed by atoms with Crippen LogP contribution in [0.4, 0.5) is 0 Å². The van der Waals surface area contributed by atoms with Crippen LogP contribution in [0.2, 0.25) is 0 Å². The van der Waals surface area contributed by atoms with Gasteiger partial charge in [-0.3, -0.25) is 4.98 Å². The van der Waals surface area contributed by atoms with E-state index in [1.54, 1.807) is 0 Å². The highest BCUT2D eigenvalue weighted by atomic mass is 15.5. The summed E-state index contributed by atoms with van der Waals surface area (Å²) >= 11 is 0. The van der Waals surface area contributed by atoms with Gasteiger partial charge in [-0.15, -0.1) is 5.10 Å². The Bertz CT molecular complexity index is 1120. The Kier molecular flexibility index (Phi) is 5.88. The lowest BCUT2D eigenvalue weighted by molar-refractivity contribution is 0.530. The Balaban J connectivity index is 1.60. The van der Waals surface area contributed by atoms with E-state index in [9.17, 15) is 0 Å². The smallest absolute Gasteiger partial charge is 0.180 e. The number of hydrogen-bond acceptors (Lipinski definition) is 6. The number of aryl methyl sites for hydroxylation is 1. The van der Waals surface area contributed by atoms with Gasteiger partial charge in [0.1, 0.15) is 5.82 Å². The lowest BCUT2D eigenvalue weighted by Gasteiger charge is -2.12. The van der Waals surface area contributed by atoms with Gasteiger partial charge in [0.25, 0.3) is 0 Å². The van der Waals surface area contributed by atoms with E-state index in [1.807, 2.05) is 41.2 Å². The SMILES string of the molecule is CCCCc1nc(C(C)(C)C)nn1Cc1ccc(-c2ccccc2-c2nnn[nH]2)cn1. The van der Waals surface area contributed by atoms with Crippen molar-refractivity contribution in [3.63, 3.8) is 0 Å². The third kappa shape index (κ3) is 4.68. The van der Waals surface area contributed by atoms with Crippen molar-refractivity contribution in [3.05, 3.63) is 59.9 Å². The molecule has 160 valence electrons. The molecule has 1 N–H and O–H groups in total. The van der Waals surface area contributed by atoms with Gasteiger partial charge in [0.15, 0.2) is 11.6 Å². The van der Waals surface area contributed by atoms with Crippen LogP contribution in [0.3, 0.4) is 0 Å². The predicted molar refractivity (Wildman–Crippen MR) is 119 cm³/mol. The molecule has 1 aromatic carbocycles. The molecule has 0 aliphatic carbocycles. The summed E-state index contributed by atoms with van der Waals surface area (Å²) in [6.07, 6.45) is 5.05. The number of benzene rings is 1. The summed E-state index contributed by atoms with van der Waals surface area (Å²) in [6, 6.07) is 12.1. The van der Waals surface area contributed by atoms with E-state index in [1.165, 1.54) is 0 Å². The topological polar surface area (TPSA) is 98.1 Å². The van der Waals surface area contributed by atoms with Crippen molar-refractivity contribution >= 4 is 0 Å². The molecule has 0 atom stereocenters. The lowest BCUT2D eigenvalue weighted by atomic mass is 9.96. The number of aromatic nitrogens is 8. The van der Waals surface area contributed by atoms with Gasteiger partial charge in [0.05, 0.1) is 12.2 Å². The van der Waals surface area contributed by atoms with Crippen LogP contribution in [0.1, 0.15) is 57.9 Å². The number of pyridine rings is 1. The molecule has 3 aromatic heterocycles. The summed E-state index contributed by atoms with van der Waals surface area (Å²) in [7, 11) is 0. The van der Waals surface area contributed by atoms with Gasteiger partial charge in [0, 0.05) is 29.2 Å². The first-order valence-electron chi connectivity index (χ1n) is 10.7. The normalized spacial score (nSPS) is 11.7. The standard InChI is InChI=1S/C23H28N8/c1-5-6-11-20-25-22(23(2,3)4)28-31(20)15-17-13-12-16(14-24-17)18-9-7-8-10-19(18)21-26-29-30-27-21/h7-10,12-14H,5-6,11,15H2,1-4H3,(H,26,27,29,30). The van der Waals surface area contributed by atoms with E-state index in [0.717, 1.165) is 53.3 Å². The average Bonchev–Trinajstić information content (AvgIpc) is 3.43. The highest BCUT2D eigenvalue weighted by molar-refractivity contribution is 5.79. The average molecular weight is 417 g/mol. The van der Waals surface area contributed by atoms with Crippen LogP contribution in [0.15, 0.2) is 42.6 Å². The van der Waals surface area contributed by atoms with E-state index in [2.05, 4.69) is 54.4 Å². The summed E-state index contributed by atoms with van der Waals surface area (Å²) in [5.74, 6) is 2.54. The fraction of sp³-hybridized carbons (Fsp3) is 0.391. The number of rotatable bonds is 7. The maximum Gasteiger partial charge on any atom is 0.180 e. The molecule has 0 amide bonds. The van der Waals surface area contributed by atoms with E-state index in [-0.39, 0.29) is 5.41 Å². The first-order valence-corrected chi connectivity index (χ1v) is 10.7. The molecule has 0 spiro atoms. The van der Waals surface area contributed by atoms with Gasteiger partial charge >= 0.3 is 0 Å². The van der Waals surface area contributed by atoms with Crippen molar-refractivity contribution in [2.24, 2.45) is 0 Å². The zero-order valence-electron chi connectivity index (χ0n) is 18.5. The number of nitrogens with one attached hydrogen (secondary N) is 1. The van der Waals surface area contributed by atoms with Crippen LogP contribution in [-0.4, -0.2) is 40.4 Å². The van der Waals surface area contributed by atoms with Gasteiger partial charge in [-0.2, -0.15) is 5.10 Å². The van der Waals surface area contributed by atoms with E-state index < -0.39 is 0 Å². The molecule has 8 heteroatoms. The monoisotopic (exact) mass is 416 g/mol. The first kappa shape index (κ1) is 20.8. The minimum atomic E-state index is -0.0806. The van der Waals surface area contributed by atoms with Crippen LogP contribution in [0.5, 0.6) is 0 Å². The molecule has 31 heavy (non-hydrogen) atoms. The molecular formula is C23H28N8. The lowest BCUT2D eigenvalue weighted by Crippen LogP contribution is -2.14. The largest absolute Gasteiger partial charge is 0.259 e. The highest BCUT2D eigenvalue weighted by Crippen LogP contribution is 2.29. The van der Waals surface area contributed by atoms with E-state index >= 15 is 0 Å². The molecule has 0 saturated carbocycles. The maximum atomic E-state index is 4.82. The van der Waals surface area contributed by atoms with Crippen LogP contribution in [0, 0.1) is 0 Å². The van der Waals surface area contributed by atoms with E-state index in [4.69, 9.17) is 15.1 Å². The maximum absolute atomic E-state index is 4.82. The summed E-state index contributed by atoms with van der Waals surface area (Å²) in [5.41, 5.74) is 3.85. The molecule has 0 unspecified atom stereocenters. The zero-order valence-corrected chi connectivity index (χ0v) is 18.5. The Morgan fingerprint density at radius 1 is 1.03 bits per heavy atom. The van der Waals surface area contributed by atoms with Crippen molar-refractivity contribution in [3.8, 4) is 22.5 Å². The van der Waals surface area contributed by atoms with Gasteiger partial charge in [-0.05, 0) is 28.5 Å². The Labute approximate surface area is 182 Å². The molecular weight excluding hydrogens is 388 g/mol. The van der Waals surface area contributed by atoms with Crippen molar-refractivity contribution in [2.75, 3.05) is 0 Å². The zero-order chi connectivity index (χ0) is 21.8. The summed E-state index contributed by atoms with van der Waals surface area (Å²) < 4.78 is 2.01. The number of hydrogen-bond donors (Lipinski definition) is 1. The summed E-state index contributed by atoms with van der Waals surface area (Å²) in [6.45, 7) is 9.23. The second-order valence-electron chi connectivity index (χ2n) is 8.70. The van der Waals surface area contributed by atoms with E-state index in [0.29, 0.717) is 12.4 Å². The molecule has 4 rings (SSSR count). The third-order valence-corrected chi connectivity index (χ3v) is 5.15. The fourth-order valence-electron chi connectivity index (χ4n) is 3.38. The van der Waals surface area contributed by atoms with Crippen molar-refractivity contribution in [1.82, 2.24) is 40.4 Å². The number of unbranched alkanes of at least 4 members (excludes halogenated alkanes) is 1. The molecule has 3 heterocycles. The molecule has 8 nitrogen and oxygen atoms in total. The molecule has 0 radical (unpaired) electrons. The highest BCUT2D eigenvalue weighted by Gasteiger charge is 2.22. The van der Waals surface area contributed by atoms with Gasteiger partial charge in [-0.1, -0.05) is 64.4 Å². The van der Waals surface area contributed by atoms with Gasteiger partial charge < -0.3 is 0 Å². The predicted octanol–water partition coefficient (Wildman–Crippen LogP) is 4.21. The van der Waals surface area contributed by atoms with Crippen LogP contribution in [0.25, 0.3) is 22.5 Å². The molecule has 0 bridgehead atoms. The summed E-state index contributed by atoms with van der Waals surface area (Å²) in [4.78, 5) is 9.54. The number of nitrogens with zero attached hydrogens (tertiary/aromatic N) is 7. The Morgan fingerprint density at radius 2 is 1.84 bits per heavy atom. The second kappa shape index (κ2) is 8.75. The molecule has 0 fully saturated rings. The minimum absolute atomic E-state index is 0.0806. The van der Waals surface area contributed by atoms with Crippen molar-refractivity contribution < 1.29 is 0 Å². The van der Waals surface area contributed by atoms with Crippen LogP contribution >= 0.6 is 0 Å². The Hall–Kier alpha value is -3.42. The molecule has 4 aromatic rings. The second-order valence-corrected chi connectivity index (χ2v) is 8.70. The Morgan fingerprint density at radius 3 is 2.48 bits per heavy atom. The van der Waals surface area contributed by atoms with Crippen molar-refractivity contribution in [1.29, 1.82) is 0 Å². The number of tetrazole rings is 1. The summed E-state index contributed by atoms with van der Waals surface area (Å²) in [5, 5.41) is 19.1. The van der Waals surface area contributed by atoms with Gasteiger partial charge in [0.2, 0.25) is 0 Å². The number of aromatic amines is 1. The quantitative estimate of drug-likeness (QED) is 0.485. The molecule has 0 aliphatic heterocycles. The minimum Gasteiger partial charge on any atom is -0.259 e. The molecule has 0 saturated heterocycles. The van der Waals surface area contributed by atoms with Gasteiger partial charge in [-0.25, -0.2) is 14.8 Å². The van der Waals surface area contributed by atoms with Crippen LogP contribution < -0.4 is 0 Å². The van der Waals surface area contributed by atoms with Crippen LogP contribution in [-0.2, 0) is 18.4 Å². The molecule has 0 aliphatic rings. The van der Waals surface area contributed by atoms with Crippen molar-refractivity contribution in [2.45, 2.75) is 58.9 Å². The first-order chi connectivity index (χ1) is 15.0.